The summed E-state index contributed by atoms with van der Waals surface area (Å²) in [4.78, 5) is 14.0. The zero-order chi connectivity index (χ0) is 14.2. The highest BCUT2D eigenvalue weighted by Gasteiger charge is 2.19. The third kappa shape index (κ3) is 2.47. The first-order valence-electron chi connectivity index (χ1n) is 5.99. The Morgan fingerprint density at radius 1 is 1.53 bits per heavy atom. The van der Waals surface area contributed by atoms with Crippen LogP contribution in [0.5, 0.6) is 0 Å². The minimum absolute atomic E-state index is 0.0841. The molecule has 6 nitrogen and oxygen atoms in total. The van der Waals surface area contributed by atoms with Gasteiger partial charge in [0.05, 0.1) is 17.9 Å². The predicted octanol–water partition coefficient (Wildman–Crippen LogP) is 1.48. The molecule has 0 unspecified atom stereocenters. The van der Waals surface area contributed by atoms with Gasteiger partial charge in [-0.1, -0.05) is 5.16 Å². The summed E-state index contributed by atoms with van der Waals surface area (Å²) in [7, 11) is 3.55. The van der Waals surface area contributed by atoms with Crippen molar-refractivity contribution in [3.05, 3.63) is 35.0 Å². The first-order chi connectivity index (χ1) is 8.90. The van der Waals surface area contributed by atoms with E-state index >= 15 is 0 Å². The van der Waals surface area contributed by atoms with E-state index in [-0.39, 0.29) is 5.91 Å². The number of anilines is 1. The number of aromatic nitrogens is 2. The lowest BCUT2D eigenvalue weighted by atomic mass is 10.2. The molecule has 0 saturated heterocycles. The highest BCUT2D eigenvalue weighted by Crippen LogP contribution is 2.17. The molecular formula is C13H18N4O2. The Morgan fingerprint density at radius 2 is 2.21 bits per heavy atom. The fourth-order valence-electron chi connectivity index (χ4n) is 2.03. The van der Waals surface area contributed by atoms with E-state index < -0.39 is 0 Å². The number of carbonyl (C=O) groups is 1. The number of hydrogen-bond donors (Lipinski definition) is 1. The van der Waals surface area contributed by atoms with Gasteiger partial charge in [-0.3, -0.25) is 4.79 Å². The van der Waals surface area contributed by atoms with Gasteiger partial charge in [0.15, 0.2) is 0 Å². The topological polar surface area (TPSA) is 77.3 Å². The molecule has 0 bridgehead atoms. The number of rotatable bonds is 3. The van der Waals surface area contributed by atoms with Crippen molar-refractivity contribution >= 4 is 11.6 Å². The molecule has 102 valence electrons. The number of carbonyl (C=O) groups excluding carboxylic acids is 1. The fourth-order valence-corrected chi connectivity index (χ4v) is 2.03. The number of nitrogens with zero attached hydrogens (tertiary/aromatic N) is 3. The normalized spacial score (nSPS) is 10.7. The third-order valence-electron chi connectivity index (χ3n) is 3.17. The number of nitrogen functional groups attached to an aromatic ring is 1. The molecule has 19 heavy (non-hydrogen) atoms. The highest BCUT2D eigenvalue weighted by atomic mass is 16.5. The Kier molecular flexibility index (Phi) is 3.33. The minimum Gasteiger partial charge on any atom is -0.397 e. The summed E-state index contributed by atoms with van der Waals surface area (Å²) in [6, 6.07) is 1.67. The fraction of sp³-hybridized carbons (Fsp3) is 0.385. The van der Waals surface area contributed by atoms with Crippen molar-refractivity contribution in [1.82, 2.24) is 14.6 Å². The predicted molar refractivity (Wildman–Crippen MR) is 71.6 cm³/mol. The van der Waals surface area contributed by atoms with Crippen LogP contribution >= 0.6 is 0 Å². The zero-order valence-electron chi connectivity index (χ0n) is 11.6. The van der Waals surface area contributed by atoms with E-state index in [0.717, 1.165) is 17.0 Å². The second kappa shape index (κ2) is 4.79. The van der Waals surface area contributed by atoms with Gasteiger partial charge in [0.1, 0.15) is 11.5 Å². The van der Waals surface area contributed by atoms with E-state index in [0.29, 0.717) is 17.9 Å². The van der Waals surface area contributed by atoms with E-state index in [1.165, 1.54) is 0 Å². The summed E-state index contributed by atoms with van der Waals surface area (Å²) in [5, 5.41) is 3.88. The lowest BCUT2D eigenvalue weighted by molar-refractivity contribution is 0.0775. The van der Waals surface area contributed by atoms with E-state index in [1.54, 1.807) is 35.8 Å². The van der Waals surface area contributed by atoms with Crippen LogP contribution in [0.2, 0.25) is 0 Å². The second-order valence-electron chi connectivity index (χ2n) is 4.73. The van der Waals surface area contributed by atoms with Gasteiger partial charge in [0.2, 0.25) is 0 Å². The average Bonchev–Trinajstić information content (AvgIpc) is 2.84. The number of amides is 1. The molecule has 2 aromatic heterocycles. The summed E-state index contributed by atoms with van der Waals surface area (Å²) in [6.07, 6.45) is 1.72. The van der Waals surface area contributed by atoms with Crippen LogP contribution in [0, 0.1) is 13.8 Å². The molecule has 2 rings (SSSR count). The van der Waals surface area contributed by atoms with Crippen molar-refractivity contribution in [3.63, 3.8) is 0 Å². The Bertz CT molecular complexity index is 593. The van der Waals surface area contributed by atoms with Gasteiger partial charge in [-0.25, -0.2) is 0 Å². The molecule has 2 N–H and O–H groups in total. The van der Waals surface area contributed by atoms with Crippen LogP contribution in [0.15, 0.2) is 16.8 Å². The van der Waals surface area contributed by atoms with Crippen molar-refractivity contribution in [2.24, 2.45) is 7.05 Å². The molecule has 2 heterocycles. The number of aryl methyl sites for hydroxylation is 3. The van der Waals surface area contributed by atoms with Crippen LogP contribution in [0.3, 0.4) is 0 Å². The lowest BCUT2D eigenvalue weighted by Gasteiger charge is -2.17. The molecule has 0 atom stereocenters. The molecule has 0 aliphatic carbocycles. The maximum atomic E-state index is 12.3. The molecule has 0 aliphatic rings. The average molecular weight is 262 g/mol. The summed E-state index contributed by atoms with van der Waals surface area (Å²) < 4.78 is 6.82. The Balaban J connectivity index is 2.19. The molecule has 0 saturated carbocycles. The van der Waals surface area contributed by atoms with Crippen LogP contribution in [-0.2, 0) is 13.6 Å². The van der Waals surface area contributed by atoms with Crippen molar-refractivity contribution in [2.45, 2.75) is 20.4 Å². The Hall–Kier alpha value is -2.24. The van der Waals surface area contributed by atoms with Gasteiger partial charge in [-0.2, -0.15) is 0 Å². The summed E-state index contributed by atoms with van der Waals surface area (Å²) >= 11 is 0. The molecule has 0 spiro atoms. The smallest absolute Gasteiger partial charge is 0.270 e. The number of nitrogens with two attached hydrogens (primary N) is 1. The lowest BCUT2D eigenvalue weighted by Crippen LogP contribution is -2.28. The van der Waals surface area contributed by atoms with E-state index in [1.807, 2.05) is 13.8 Å². The first kappa shape index (κ1) is 13.2. The first-order valence-corrected chi connectivity index (χ1v) is 5.99. The minimum atomic E-state index is -0.0841. The molecule has 0 fully saturated rings. The van der Waals surface area contributed by atoms with Crippen molar-refractivity contribution in [1.29, 1.82) is 0 Å². The summed E-state index contributed by atoms with van der Waals surface area (Å²) in [5.41, 5.74) is 8.58. The van der Waals surface area contributed by atoms with Gasteiger partial charge in [0, 0.05) is 25.9 Å². The number of hydrogen-bond acceptors (Lipinski definition) is 4. The quantitative estimate of drug-likeness (QED) is 0.909. The van der Waals surface area contributed by atoms with Crippen LogP contribution in [0.4, 0.5) is 5.69 Å². The molecule has 1 amide bonds. The largest absolute Gasteiger partial charge is 0.397 e. The third-order valence-corrected chi connectivity index (χ3v) is 3.17. The van der Waals surface area contributed by atoms with E-state index in [2.05, 4.69) is 5.16 Å². The summed E-state index contributed by atoms with van der Waals surface area (Å²) in [6.45, 7) is 4.17. The van der Waals surface area contributed by atoms with Crippen molar-refractivity contribution in [2.75, 3.05) is 12.8 Å². The van der Waals surface area contributed by atoms with Gasteiger partial charge in [-0.05, 0) is 19.9 Å². The Morgan fingerprint density at radius 3 is 2.68 bits per heavy atom. The maximum absolute atomic E-state index is 12.3. The SMILES string of the molecule is Cc1noc(C)c1CN(C)C(=O)c1cc(N)cn1C. The van der Waals surface area contributed by atoms with Crippen LogP contribution in [0.1, 0.15) is 27.5 Å². The van der Waals surface area contributed by atoms with Gasteiger partial charge in [0.25, 0.3) is 5.91 Å². The molecular weight excluding hydrogens is 244 g/mol. The van der Waals surface area contributed by atoms with Crippen LogP contribution in [0.25, 0.3) is 0 Å². The Labute approximate surface area is 111 Å². The second-order valence-corrected chi connectivity index (χ2v) is 4.73. The van der Waals surface area contributed by atoms with Gasteiger partial charge >= 0.3 is 0 Å². The molecule has 0 aliphatic heterocycles. The standard InChI is InChI=1S/C13H18N4O2/c1-8-11(9(2)19-15-8)7-17(4)13(18)12-5-10(14)6-16(12)3/h5-6H,7,14H2,1-4H3. The highest BCUT2D eigenvalue weighted by molar-refractivity contribution is 5.93. The van der Waals surface area contributed by atoms with Gasteiger partial charge in [-0.15, -0.1) is 0 Å². The monoisotopic (exact) mass is 262 g/mol. The van der Waals surface area contributed by atoms with Crippen LogP contribution < -0.4 is 5.73 Å². The van der Waals surface area contributed by atoms with Crippen LogP contribution in [-0.4, -0.2) is 27.6 Å². The van der Waals surface area contributed by atoms with Crippen molar-refractivity contribution in [3.8, 4) is 0 Å². The summed E-state index contributed by atoms with van der Waals surface area (Å²) in [5.74, 6) is 0.655. The molecule has 0 radical (unpaired) electrons. The van der Waals surface area contributed by atoms with Crippen molar-refractivity contribution < 1.29 is 9.32 Å². The maximum Gasteiger partial charge on any atom is 0.270 e. The molecule has 0 aromatic carbocycles. The zero-order valence-corrected chi connectivity index (χ0v) is 11.6. The molecule has 6 heteroatoms. The van der Waals surface area contributed by atoms with E-state index in [4.69, 9.17) is 10.3 Å². The van der Waals surface area contributed by atoms with Gasteiger partial charge < -0.3 is 19.7 Å². The molecule has 2 aromatic rings. The van der Waals surface area contributed by atoms with E-state index in [9.17, 15) is 4.79 Å².